The zero-order chi connectivity index (χ0) is 14.4. The summed E-state index contributed by atoms with van der Waals surface area (Å²) in [5.41, 5.74) is 1.25. The van der Waals surface area contributed by atoms with Crippen LogP contribution in [0.4, 0.5) is 0 Å². The predicted molar refractivity (Wildman–Crippen MR) is 79.7 cm³/mol. The number of ether oxygens (including phenoxy) is 3. The highest BCUT2D eigenvalue weighted by Gasteiger charge is 2.16. The first-order valence-corrected chi connectivity index (χ1v) is 7.27. The summed E-state index contributed by atoms with van der Waals surface area (Å²) in [6.45, 7) is 3.95. The van der Waals surface area contributed by atoms with Crippen molar-refractivity contribution in [3.63, 3.8) is 0 Å². The van der Waals surface area contributed by atoms with Crippen LogP contribution in [0, 0.1) is 0 Å². The number of hydrogen-bond donors (Lipinski definition) is 1. The fourth-order valence-corrected chi connectivity index (χ4v) is 2.69. The molecule has 1 aliphatic heterocycles. The van der Waals surface area contributed by atoms with E-state index in [2.05, 4.69) is 18.3 Å². The molecule has 1 heterocycles. The first kappa shape index (κ1) is 15.1. The largest absolute Gasteiger partial charge is 0.493 e. The topological polar surface area (TPSA) is 39.7 Å². The van der Waals surface area contributed by atoms with Gasteiger partial charge in [-0.05, 0) is 43.9 Å². The molecule has 112 valence electrons. The van der Waals surface area contributed by atoms with Gasteiger partial charge in [-0.3, -0.25) is 0 Å². The van der Waals surface area contributed by atoms with Gasteiger partial charge >= 0.3 is 0 Å². The van der Waals surface area contributed by atoms with Crippen LogP contribution < -0.4 is 14.8 Å². The molecule has 1 saturated heterocycles. The third-order valence-electron chi connectivity index (χ3n) is 3.67. The van der Waals surface area contributed by atoms with Crippen LogP contribution in [-0.2, 0) is 11.2 Å². The van der Waals surface area contributed by atoms with Gasteiger partial charge in [0.15, 0.2) is 11.5 Å². The Kier molecular flexibility index (Phi) is 5.68. The van der Waals surface area contributed by atoms with Crippen molar-refractivity contribution in [1.82, 2.24) is 5.32 Å². The van der Waals surface area contributed by atoms with Crippen LogP contribution in [0.2, 0.25) is 0 Å². The van der Waals surface area contributed by atoms with Crippen molar-refractivity contribution in [3.05, 3.63) is 23.8 Å². The second kappa shape index (κ2) is 7.50. The van der Waals surface area contributed by atoms with Crippen LogP contribution >= 0.6 is 0 Å². The van der Waals surface area contributed by atoms with Crippen molar-refractivity contribution in [3.8, 4) is 11.5 Å². The summed E-state index contributed by atoms with van der Waals surface area (Å²) in [5.74, 6) is 1.57. The minimum Gasteiger partial charge on any atom is -0.493 e. The minimum absolute atomic E-state index is 0.416. The number of methoxy groups -OCH3 is 2. The second-order valence-corrected chi connectivity index (χ2v) is 5.38. The van der Waals surface area contributed by atoms with Gasteiger partial charge in [-0.15, -0.1) is 0 Å². The third kappa shape index (κ3) is 4.12. The van der Waals surface area contributed by atoms with Gasteiger partial charge in [-0.2, -0.15) is 0 Å². The molecule has 1 aromatic rings. The van der Waals surface area contributed by atoms with E-state index in [1.807, 2.05) is 12.1 Å². The molecule has 0 aromatic heterocycles. The Morgan fingerprint density at radius 1 is 1.30 bits per heavy atom. The lowest BCUT2D eigenvalue weighted by Gasteiger charge is -2.27. The Balaban J connectivity index is 1.91. The lowest BCUT2D eigenvalue weighted by molar-refractivity contribution is 0.0671. The fraction of sp³-hybridized carbons (Fsp3) is 0.625. The van der Waals surface area contributed by atoms with Crippen LogP contribution in [0.15, 0.2) is 18.2 Å². The number of hydrogen-bond acceptors (Lipinski definition) is 4. The summed E-state index contributed by atoms with van der Waals surface area (Å²) in [5, 5.41) is 3.64. The van der Waals surface area contributed by atoms with Crippen LogP contribution in [-0.4, -0.2) is 39.5 Å². The maximum Gasteiger partial charge on any atom is 0.160 e. The van der Waals surface area contributed by atoms with E-state index < -0.39 is 0 Å². The summed E-state index contributed by atoms with van der Waals surface area (Å²) < 4.78 is 16.1. The SMILES string of the molecule is COc1ccc(CC(C)NC2CCCOC2)cc1OC. The highest BCUT2D eigenvalue weighted by molar-refractivity contribution is 5.43. The summed E-state index contributed by atoms with van der Waals surface area (Å²) in [6.07, 6.45) is 3.33. The van der Waals surface area contributed by atoms with Crippen LogP contribution in [0.5, 0.6) is 11.5 Å². The Morgan fingerprint density at radius 2 is 2.10 bits per heavy atom. The van der Waals surface area contributed by atoms with Gasteiger partial charge < -0.3 is 19.5 Å². The van der Waals surface area contributed by atoms with E-state index in [4.69, 9.17) is 14.2 Å². The predicted octanol–water partition coefficient (Wildman–Crippen LogP) is 2.40. The molecule has 2 atom stereocenters. The van der Waals surface area contributed by atoms with E-state index in [1.54, 1.807) is 14.2 Å². The molecule has 4 heteroatoms. The Bertz CT molecular complexity index is 416. The summed E-state index contributed by atoms with van der Waals surface area (Å²) in [7, 11) is 3.33. The normalized spacial score (nSPS) is 20.4. The van der Waals surface area contributed by atoms with E-state index in [-0.39, 0.29) is 0 Å². The molecule has 1 N–H and O–H groups in total. The third-order valence-corrected chi connectivity index (χ3v) is 3.67. The molecular weight excluding hydrogens is 254 g/mol. The molecule has 0 amide bonds. The second-order valence-electron chi connectivity index (χ2n) is 5.38. The van der Waals surface area contributed by atoms with E-state index in [0.717, 1.165) is 37.6 Å². The number of benzene rings is 1. The lowest BCUT2D eigenvalue weighted by atomic mass is 10.0. The van der Waals surface area contributed by atoms with Crippen molar-refractivity contribution >= 4 is 0 Å². The molecule has 4 nitrogen and oxygen atoms in total. The van der Waals surface area contributed by atoms with E-state index in [1.165, 1.54) is 12.0 Å². The van der Waals surface area contributed by atoms with Gasteiger partial charge in [0.25, 0.3) is 0 Å². The zero-order valence-corrected chi connectivity index (χ0v) is 12.6. The first-order valence-electron chi connectivity index (χ1n) is 7.27. The smallest absolute Gasteiger partial charge is 0.160 e. The van der Waals surface area contributed by atoms with Gasteiger partial charge in [0.1, 0.15) is 0 Å². The standard InChI is InChI=1S/C16H25NO3/c1-12(17-14-5-4-8-20-11-14)9-13-6-7-15(18-2)16(10-13)19-3/h6-7,10,12,14,17H,4-5,8-9,11H2,1-3H3. The highest BCUT2D eigenvalue weighted by Crippen LogP contribution is 2.28. The molecular formula is C16H25NO3. The minimum atomic E-state index is 0.416. The molecule has 0 spiro atoms. The highest BCUT2D eigenvalue weighted by atomic mass is 16.5. The Morgan fingerprint density at radius 3 is 2.75 bits per heavy atom. The summed E-state index contributed by atoms with van der Waals surface area (Å²) >= 11 is 0. The average molecular weight is 279 g/mol. The van der Waals surface area contributed by atoms with Gasteiger partial charge in [0.2, 0.25) is 0 Å². The summed E-state index contributed by atoms with van der Waals surface area (Å²) in [4.78, 5) is 0. The van der Waals surface area contributed by atoms with Gasteiger partial charge in [-0.1, -0.05) is 6.07 Å². The molecule has 20 heavy (non-hydrogen) atoms. The van der Waals surface area contributed by atoms with Gasteiger partial charge in [-0.25, -0.2) is 0 Å². The van der Waals surface area contributed by atoms with Crippen LogP contribution in [0.1, 0.15) is 25.3 Å². The van der Waals surface area contributed by atoms with Crippen molar-refractivity contribution in [1.29, 1.82) is 0 Å². The first-order chi connectivity index (χ1) is 9.72. The molecule has 2 unspecified atom stereocenters. The Hall–Kier alpha value is -1.26. The van der Waals surface area contributed by atoms with Crippen LogP contribution in [0.25, 0.3) is 0 Å². The molecule has 2 rings (SSSR count). The molecule has 1 aliphatic rings. The quantitative estimate of drug-likeness (QED) is 0.868. The zero-order valence-electron chi connectivity index (χ0n) is 12.6. The molecule has 0 saturated carbocycles. The van der Waals surface area contributed by atoms with E-state index in [9.17, 15) is 0 Å². The molecule has 0 radical (unpaired) electrons. The maximum atomic E-state index is 5.50. The molecule has 0 bridgehead atoms. The van der Waals surface area contributed by atoms with Gasteiger partial charge in [0, 0.05) is 18.7 Å². The number of rotatable bonds is 6. The van der Waals surface area contributed by atoms with Crippen molar-refractivity contribution in [2.75, 3.05) is 27.4 Å². The molecule has 0 aliphatic carbocycles. The van der Waals surface area contributed by atoms with Crippen LogP contribution in [0.3, 0.4) is 0 Å². The van der Waals surface area contributed by atoms with Crippen molar-refractivity contribution < 1.29 is 14.2 Å². The monoisotopic (exact) mass is 279 g/mol. The Labute approximate surface area is 121 Å². The van der Waals surface area contributed by atoms with Gasteiger partial charge in [0.05, 0.1) is 20.8 Å². The lowest BCUT2D eigenvalue weighted by Crippen LogP contribution is -2.42. The molecule has 1 fully saturated rings. The number of nitrogens with one attached hydrogen (secondary N) is 1. The van der Waals surface area contributed by atoms with Crippen molar-refractivity contribution in [2.24, 2.45) is 0 Å². The van der Waals surface area contributed by atoms with Crippen molar-refractivity contribution in [2.45, 2.75) is 38.3 Å². The average Bonchev–Trinajstić information content (AvgIpc) is 2.48. The summed E-state index contributed by atoms with van der Waals surface area (Å²) in [6, 6.07) is 7.01. The van der Waals surface area contributed by atoms with E-state index >= 15 is 0 Å². The molecule has 1 aromatic carbocycles. The maximum absolute atomic E-state index is 5.50. The fourth-order valence-electron chi connectivity index (χ4n) is 2.69. The van der Waals surface area contributed by atoms with E-state index in [0.29, 0.717) is 12.1 Å².